The second-order valence-electron chi connectivity index (χ2n) is 7.13. The minimum atomic E-state index is 0.0108. The monoisotopic (exact) mass is 283 g/mol. The number of fused-ring (bicyclic) bond motifs is 1. The van der Waals surface area contributed by atoms with E-state index in [-0.39, 0.29) is 11.2 Å². The van der Waals surface area contributed by atoms with E-state index in [4.69, 9.17) is 0 Å². The molecule has 0 fully saturated rings. The van der Waals surface area contributed by atoms with Crippen molar-refractivity contribution < 1.29 is 4.79 Å². The number of ketones is 1. The van der Waals surface area contributed by atoms with E-state index >= 15 is 0 Å². The van der Waals surface area contributed by atoms with Crippen LogP contribution in [0.25, 0.3) is 0 Å². The van der Waals surface area contributed by atoms with Crippen LogP contribution in [0.4, 0.5) is 0 Å². The third kappa shape index (κ3) is 2.69. The van der Waals surface area contributed by atoms with Gasteiger partial charge in [0.25, 0.3) is 0 Å². The summed E-state index contributed by atoms with van der Waals surface area (Å²) in [4.78, 5) is 13.0. The van der Waals surface area contributed by atoms with Crippen LogP contribution >= 0.6 is 0 Å². The summed E-state index contributed by atoms with van der Waals surface area (Å²) in [5.74, 6) is 0.249. The summed E-state index contributed by atoms with van der Waals surface area (Å²) in [5, 5.41) is 3.38. The van der Waals surface area contributed by atoms with E-state index in [0.29, 0.717) is 0 Å². The van der Waals surface area contributed by atoms with E-state index in [2.05, 4.69) is 38.2 Å². The van der Waals surface area contributed by atoms with Crippen molar-refractivity contribution in [1.29, 1.82) is 0 Å². The maximum Gasteiger partial charge on any atom is 0.189 e. The molecule has 0 aromatic heterocycles. The molecule has 1 aromatic carbocycles. The highest BCUT2D eigenvalue weighted by Gasteiger charge is 2.33. The van der Waals surface area contributed by atoms with Crippen LogP contribution in [-0.2, 0) is 13.0 Å². The van der Waals surface area contributed by atoms with Gasteiger partial charge in [-0.2, -0.15) is 0 Å². The highest BCUT2D eigenvalue weighted by Crippen LogP contribution is 2.41. The Balaban J connectivity index is 1.98. The van der Waals surface area contributed by atoms with Gasteiger partial charge in [-0.3, -0.25) is 4.79 Å². The number of carbonyl (C=O) groups is 1. The van der Waals surface area contributed by atoms with Crippen LogP contribution in [0.5, 0.6) is 0 Å². The third-order valence-corrected chi connectivity index (χ3v) is 5.04. The molecule has 1 aliphatic heterocycles. The second kappa shape index (κ2) is 5.42. The molecule has 0 atom stereocenters. The van der Waals surface area contributed by atoms with Crippen molar-refractivity contribution in [3.63, 3.8) is 0 Å². The number of allylic oxidation sites excluding steroid dienone is 2. The number of hydrogen-bond donors (Lipinski definition) is 1. The van der Waals surface area contributed by atoms with Crippen LogP contribution < -0.4 is 5.32 Å². The zero-order valence-corrected chi connectivity index (χ0v) is 13.4. The largest absolute Gasteiger partial charge is 0.312 e. The van der Waals surface area contributed by atoms with Crippen molar-refractivity contribution in [2.24, 2.45) is 5.41 Å². The molecule has 2 aliphatic rings. The van der Waals surface area contributed by atoms with Crippen LogP contribution in [0.3, 0.4) is 0 Å². The van der Waals surface area contributed by atoms with Gasteiger partial charge in [0.1, 0.15) is 0 Å². The van der Waals surface area contributed by atoms with Gasteiger partial charge in [-0.15, -0.1) is 0 Å². The molecule has 2 nitrogen and oxygen atoms in total. The summed E-state index contributed by atoms with van der Waals surface area (Å²) >= 11 is 0. The number of benzene rings is 1. The molecule has 112 valence electrons. The fourth-order valence-corrected chi connectivity index (χ4v) is 3.89. The Hall–Kier alpha value is -1.41. The molecule has 0 spiro atoms. The Morgan fingerprint density at radius 1 is 1.19 bits per heavy atom. The molecule has 0 unspecified atom stereocenters. The lowest BCUT2D eigenvalue weighted by Gasteiger charge is -2.33. The van der Waals surface area contributed by atoms with Crippen molar-refractivity contribution in [2.75, 3.05) is 6.54 Å². The lowest BCUT2D eigenvalue weighted by molar-refractivity contribution is 0.0997. The molecule has 3 rings (SSSR count). The topological polar surface area (TPSA) is 29.1 Å². The molecule has 1 aromatic rings. The molecule has 0 amide bonds. The van der Waals surface area contributed by atoms with Crippen molar-refractivity contribution in [1.82, 2.24) is 5.32 Å². The summed E-state index contributed by atoms with van der Waals surface area (Å²) in [6.45, 7) is 8.50. The summed E-state index contributed by atoms with van der Waals surface area (Å²) < 4.78 is 0. The molecule has 2 heteroatoms. The molecule has 0 saturated carbocycles. The van der Waals surface area contributed by atoms with Crippen molar-refractivity contribution in [3.05, 3.63) is 46.0 Å². The predicted molar refractivity (Wildman–Crippen MR) is 86.5 cm³/mol. The predicted octanol–water partition coefficient (Wildman–Crippen LogP) is 4.04. The van der Waals surface area contributed by atoms with Crippen molar-refractivity contribution >= 4 is 5.78 Å². The highest BCUT2D eigenvalue weighted by molar-refractivity contribution is 6.10. The van der Waals surface area contributed by atoms with E-state index in [1.807, 2.05) is 6.07 Å². The molecule has 1 N–H and O–H groups in total. The average Bonchev–Trinajstić information content (AvgIpc) is 2.45. The van der Waals surface area contributed by atoms with Gasteiger partial charge in [-0.05, 0) is 61.8 Å². The molecule has 1 aliphatic carbocycles. The van der Waals surface area contributed by atoms with Gasteiger partial charge >= 0.3 is 0 Å². The van der Waals surface area contributed by atoms with Crippen molar-refractivity contribution in [2.45, 2.75) is 53.0 Å². The Morgan fingerprint density at radius 3 is 2.76 bits per heavy atom. The Bertz CT molecular complexity index is 610. The van der Waals surface area contributed by atoms with Gasteiger partial charge in [0.05, 0.1) is 0 Å². The van der Waals surface area contributed by atoms with Gasteiger partial charge in [0.15, 0.2) is 5.78 Å². The Morgan fingerprint density at radius 2 is 2.00 bits per heavy atom. The SMILES string of the molecule is CC1=C(C(=O)c2ccc3c(c2)CCNC3)C(C)(C)CCC1. The molecule has 21 heavy (non-hydrogen) atoms. The minimum Gasteiger partial charge on any atom is -0.312 e. The first kappa shape index (κ1) is 14.5. The van der Waals surface area contributed by atoms with Crippen molar-refractivity contribution in [3.8, 4) is 0 Å². The summed E-state index contributed by atoms with van der Waals surface area (Å²) in [7, 11) is 0. The zero-order chi connectivity index (χ0) is 15.0. The number of rotatable bonds is 2. The van der Waals surface area contributed by atoms with E-state index in [1.54, 1.807) is 0 Å². The number of carbonyl (C=O) groups excluding carboxylic acids is 1. The zero-order valence-electron chi connectivity index (χ0n) is 13.4. The van der Waals surface area contributed by atoms with Crippen LogP contribution in [0.2, 0.25) is 0 Å². The molecular weight excluding hydrogens is 258 g/mol. The van der Waals surface area contributed by atoms with Gasteiger partial charge in [0, 0.05) is 17.7 Å². The maximum atomic E-state index is 13.0. The van der Waals surface area contributed by atoms with Crippen LogP contribution in [0.1, 0.15) is 61.5 Å². The van der Waals surface area contributed by atoms with Gasteiger partial charge in [-0.25, -0.2) is 0 Å². The lowest BCUT2D eigenvalue weighted by Crippen LogP contribution is -2.27. The molecule has 0 saturated heterocycles. The first-order chi connectivity index (χ1) is 9.99. The van der Waals surface area contributed by atoms with E-state index in [1.165, 1.54) is 23.1 Å². The summed E-state index contributed by atoms with van der Waals surface area (Å²) in [6, 6.07) is 6.27. The average molecular weight is 283 g/mol. The summed E-state index contributed by atoms with van der Waals surface area (Å²) in [5.41, 5.74) is 5.91. The highest BCUT2D eigenvalue weighted by atomic mass is 16.1. The van der Waals surface area contributed by atoms with E-state index < -0.39 is 0 Å². The molecular formula is C19H25NO. The standard InChI is InChI=1S/C19H25NO/c1-13-5-4-9-19(2,3)17(13)18(21)15-6-7-16-12-20-10-8-14(16)11-15/h6-7,11,20H,4-5,8-10,12H2,1-3H3. The van der Waals surface area contributed by atoms with Crippen LogP contribution in [0.15, 0.2) is 29.3 Å². The van der Waals surface area contributed by atoms with Crippen LogP contribution in [-0.4, -0.2) is 12.3 Å². The van der Waals surface area contributed by atoms with E-state index in [9.17, 15) is 4.79 Å². The van der Waals surface area contributed by atoms with Gasteiger partial charge < -0.3 is 5.32 Å². The molecule has 0 radical (unpaired) electrons. The molecule has 1 heterocycles. The number of nitrogens with one attached hydrogen (secondary N) is 1. The first-order valence-electron chi connectivity index (χ1n) is 8.06. The quantitative estimate of drug-likeness (QED) is 0.830. The fraction of sp³-hybridized carbons (Fsp3) is 0.526. The number of hydrogen-bond acceptors (Lipinski definition) is 2. The normalized spacial score (nSPS) is 21.1. The first-order valence-corrected chi connectivity index (χ1v) is 8.06. The Kier molecular flexibility index (Phi) is 3.75. The second-order valence-corrected chi connectivity index (χ2v) is 7.13. The minimum absolute atomic E-state index is 0.0108. The lowest BCUT2D eigenvalue weighted by atomic mass is 9.70. The van der Waals surface area contributed by atoms with Crippen LogP contribution in [0, 0.1) is 5.41 Å². The van der Waals surface area contributed by atoms with Gasteiger partial charge in [-0.1, -0.05) is 31.6 Å². The summed E-state index contributed by atoms with van der Waals surface area (Å²) in [6.07, 6.45) is 4.41. The number of Topliss-reactive ketones (excluding diaryl/α,β-unsaturated/α-hetero) is 1. The Labute approximate surface area is 127 Å². The molecule has 0 bridgehead atoms. The maximum absolute atomic E-state index is 13.0. The van der Waals surface area contributed by atoms with Gasteiger partial charge in [0.2, 0.25) is 0 Å². The smallest absolute Gasteiger partial charge is 0.189 e. The van der Waals surface area contributed by atoms with E-state index in [0.717, 1.165) is 43.5 Å². The fourth-order valence-electron chi connectivity index (χ4n) is 3.89. The third-order valence-electron chi connectivity index (χ3n) is 5.04.